The fourth-order valence-corrected chi connectivity index (χ4v) is 2.45. The molecule has 3 unspecified atom stereocenters. The van der Waals surface area contributed by atoms with Gasteiger partial charge < -0.3 is 10.4 Å². The zero-order valence-electron chi connectivity index (χ0n) is 10.2. The Morgan fingerprint density at radius 1 is 1.47 bits per heavy atom. The van der Waals surface area contributed by atoms with Gasteiger partial charge in [0.15, 0.2) is 0 Å². The molecule has 0 radical (unpaired) electrons. The normalized spacial score (nSPS) is 16.3. The topological polar surface area (TPSA) is 49.3 Å². The number of carbonyl (C=O) groups is 1. The molecule has 1 amide bonds. The molecule has 0 saturated heterocycles. The number of hydrogen-bond donors (Lipinski definition) is 2. The number of halogens is 1. The summed E-state index contributed by atoms with van der Waals surface area (Å²) in [6.07, 6.45) is 0. The highest BCUT2D eigenvalue weighted by Crippen LogP contribution is 2.28. The standard InChI is InChI=1S/C12H18ClNO2S/c1-7(6-15)9(3)14-12(16)8(2)10-4-5-11(13)17-10/h4-5,7-9,15H,6H2,1-3H3,(H,14,16). The van der Waals surface area contributed by atoms with Crippen molar-refractivity contribution in [3.05, 3.63) is 21.3 Å². The van der Waals surface area contributed by atoms with Crippen LogP contribution in [-0.2, 0) is 4.79 Å². The van der Waals surface area contributed by atoms with Crippen LogP contribution in [0.1, 0.15) is 31.6 Å². The Hall–Kier alpha value is -0.580. The molecule has 5 heteroatoms. The predicted molar refractivity (Wildman–Crippen MR) is 71.6 cm³/mol. The van der Waals surface area contributed by atoms with Crippen molar-refractivity contribution in [3.63, 3.8) is 0 Å². The molecule has 3 nitrogen and oxygen atoms in total. The predicted octanol–water partition coefficient (Wildman–Crippen LogP) is 2.64. The fourth-order valence-electron chi connectivity index (χ4n) is 1.34. The summed E-state index contributed by atoms with van der Waals surface area (Å²) in [7, 11) is 0. The van der Waals surface area contributed by atoms with Crippen molar-refractivity contribution < 1.29 is 9.90 Å². The highest BCUT2D eigenvalue weighted by Gasteiger charge is 2.20. The first-order valence-electron chi connectivity index (χ1n) is 5.62. The maximum Gasteiger partial charge on any atom is 0.228 e. The lowest BCUT2D eigenvalue weighted by molar-refractivity contribution is -0.123. The zero-order valence-corrected chi connectivity index (χ0v) is 11.8. The molecule has 1 rings (SSSR count). The third-order valence-electron chi connectivity index (χ3n) is 2.93. The van der Waals surface area contributed by atoms with E-state index in [0.717, 1.165) is 4.88 Å². The van der Waals surface area contributed by atoms with Crippen molar-refractivity contribution in [2.45, 2.75) is 32.7 Å². The maximum absolute atomic E-state index is 12.0. The summed E-state index contributed by atoms with van der Waals surface area (Å²) in [4.78, 5) is 12.9. The molecule has 2 N–H and O–H groups in total. The van der Waals surface area contributed by atoms with Crippen LogP contribution in [-0.4, -0.2) is 23.7 Å². The Balaban J connectivity index is 2.58. The second kappa shape index (κ2) is 6.38. The van der Waals surface area contributed by atoms with Crippen LogP contribution < -0.4 is 5.32 Å². The molecule has 0 bridgehead atoms. The molecule has 3 atom stereocenters. The summed E-state index contributed by atoms with van der Waals surface area (Å²) < 4.78 is 0.691. The van der Waals surface area contributed by atoms with E-state index in [9.17, 15) is 4.79 Å². The molecule has 0 aliphatic carbocycles. The van der Waals surface area contributed by atoms with Gasteiger partial charge in [0, 0.05) is 17.5 Å². The van der Waals surface area contributed by atoms with Gasteiger partial charge in [-0.15, -0.1) is 11.3 Å². The second-order valence-corrected chi connectivity index (χ2v) is 6.07. The van der Waals surface area contributed by atoms with E-state index >= 15 is 0 Å². The van der Waals surface area contributed by atoms with E-state index in [1.165, 1.54) is 11.3 Å². The van der Waals surface area contributed by atoms with E-state index in [-0.39, 0.29) is 30.4 Å². The summed E-state index contributed by atoms with van der Waals surface area (Å²) in [6, 6.07) is 3.63. The van der Waals surface area contributed by atoms with Crippen LogP contribution in [0, 0.1) is 5.92 Å². The van der Waals surface area contributed by atoms with Gasteiger partial charge in [-0.3, -0.25) is 4.79 Å². The Morgan fingerprint density at radius 2 is 2.12 bits per heavy atom. The Kier molecular flexibility index (Phi) is 5.43. The molecule has 0 saturated carbocycles. The number of nitrogens with one attached hydrogen (secondary N) is 1. The summed E-state index contributed by atoms with van der Waals surface area (Å²) in [5, 5.41) is 11.9. The minimum Gasteiger partial charge on any atom is -0.396 e. The highest BCUT2D eigenvalue weighted by molar-refractivity contribution is 7.16. The smallest absolute Gasteiger partial charge is 0.228 e. The van der Waals surface area contributed by atoms with Crippen LogP contribution >= 0.6 is 22.9 Å². The van der Waals surface area contributed by atoms with Gasteiger partial charge in [0.1, 0.15) is 0 Å². The van der Waals surface area contributed by atoms with Crippen molar-refractivity contribution >= 4 is 28.8 Å². The number of thiophene rings is 1. The van der Waals surface area contributed by atoms with Crippen molar-refractivity contribution in [1.29, 1.82) is 0 Å². The summed E-state index contributed by atoms with van der Waals surface area (Å²) in [5.74, 6) is -0.185. The van der Waals surface area contributed by atoms with Crippen molar-refractivity contribution in [3.8, 4) is 0 Å². The summed E-state index contributed by atoms with van der Waals surface area (Å²) in [5.41, 5.74) is 0. The first kappa shape index (κ1) is 14.5. The number of aliphatic hydroxyl groups excluding tert-OH is 1. The van der Waals surface area contributed by atoms with Gasteiger partial charge in [0.2, 0.25) is 5.91 Å². The second-order valence-electron chi connectivity index (χ2n) is 4.32. The zero-order chi connectivity index (χ0) is 13.0. The largest absolute Gasteiger partial charge is 0.396 e. The molecule has 0 aliphatic rings. The third-order valence-corrected chi connectivity index (χ3v) is 4.34. The molecular formula is C12H18ClNO2S. The van der Waals surface area contributed by atoms with Gasteiger partial charge in [-0.05, 0) is 31.9 Å². The molecule has 0 aromatic carbocycles. The van der Waals surface area contributed by atoms with Crippen LogP contribution in [0.15, 0.2) is 12.1 Å². The molecule has 0 fully saturated rings. The van der Waals surface area contributed by atoms with Gasteiger partial charge in [-0.2, -0.15) is 0 Å². The van der Waals surface area contributed by atoms with Crippen LogP contribution in [0.4, 0.5) is 0 Å². The number of aliphatic hydroxyl groups is 1. The number of hydrogen-bond acceptors (Lipinski definition) is 3. The number of rotatable bonds is 5. The maximum atomic E-state index is 12.0. The lowest BCUT2D eigenvalue weighted by atomic mass is 10.0. The first-order valence-corrected chi connectivity index (χ1v) is 6.81. The Morgan fingerprint density at radius 3 is 2.59 bits per heavy atom. The Bertz CT molecular complexity index is 380. The van der Waals surface area contributed by atoms with E-state index in [2.05, 4.69) is 5.32 Å². The van der Waals surface area contributed by atoms with Crippen LogP contribution in [0.25, 0.3) is 0 Å². The fraction of sp³-hybridized carbons (Fsp3) is 0.583. The minimum absolute atomic E-state index is 0.0312. The van der Waals surface area contributed by atoms with Crippen LogP contribution in [0.2, 0.25) is 4.34 Å². The molecule has 1 heterocycles. The molecule has 1 aromatic rings. The average Bonchev–Trinajstić information content (AvgIpc) is 2.73. The van der Waals surface area contributed by atoms with Crippen molar-refractivity contribution in [2.75, 3.05) is 6.61 Å². The molecule has 0 aliphatic heterocycles. The molecule has 96 valence electrons. The van der Waals surface area contributed by atoms with Gasteiger partial charge in [0.25, 0.3) is 0 Å². The molecule has 17 heavy (non-hydrogen) atoms. The monoisotopic (exact) mass is 275 g/mol. The lowest BCUT2D eigenvalue weighted by Gasteiger charge is -2.21. The van der Waals surface area contributed by atoms with E-state index in [4.69, 9.17) is 16.7 Å². The highest BCUT2D eigenvalue weighted by atomic mass is 35.5. The SMILES string of the molecule is CC(C(=O)NC(C)C(C)CO)c1ccc(Cl)s1. The summed E-state index contributed by atoms with van der Waals surface area (Å²) >= 11 is 7.26. The van der Waals surface area contributed by atoms with Gasteiger partial charge in [0.05, 0.1) is 10.3 Å². The van der Waals surface area contributed by atoms with Gasteiger partial charge in [-0.1, -0.05) is 18.5 Å². The van der Waals surface area contributed by atoms with E-state index in [0.29, 0.717) is 4.34 Å². The van der Waals surface area contributed by atoms with Gasteiger partial charge in [-0.25, -0.2) is 0 Å². The first-order chi connectivity index (χ1) is 7.95. The van der Waals surface area contributed by atoms with E-state index in [1.807, 2.05) is 26.8 Å². The molecule has 0 spiro atoms. The summed E-state index contributed by atoms with van der Waals surface area (Å²) in [6.45, 7) is 5.72. The lowest BCUT2D eigenvalue weighted by Crippen LogP contribution is -2.40. The molecule has 1 aromatic heterocycles. The van der Waals surface area contributed by atoms with Crippen molar-refractivity contribution in [2.24, 2.45) is 5.92 Å². The third kappa shape index (κ3) is 3.98. The molecular weight excluding hydrogens is 258 g/mol. The quantitative estimate of drug-likeness (QED) is 0.868. The Labute approximate surface area is 111 Å². The number of carbonyl (C=O) groups excluding carboxylic acids is 1. The minimum atomic E-state index is -0.208. The van der Waals surface area contributed by atoms with Crippen LogP contribution in [0.5, 0.6) is 0 Å². The average molecular weight is 276 g/mol. The van der Waals surface area contributed by atoms with Gasteiger partial charge >= 0.3 is 0 Å². The van der Waals surface area contributed by atoms with E-state index in [1.54, 1.807) is 6.07 Å². The number of amides is 1. The van der Waals surface area contributed by atoms with Crippen molar-refractivity contribution in [1.82, 2.24) is 5.32 Å². The van der Waals surface area contributed by atoms with Crippen LogP contribution in [0.3, 0.4) is 0 Å². The van der Waals surface area contributed by atoms with E-state index < -0.39 is 0 Å².